The van der Waals surface area contributed by atoms with Crippen molar-refractivity contribution in [3.05, 3.63) is 66.2 Å². The van der Waals surface area contributed by atoms with E-state index in [2.05, 4.69) is 5.32 Å². The molecule has 0 unspecified atom stereocenters. The summed E-state index contributed by atoms with van der Waals surface area (Å²) in [6, 6.07) is 18.0. The number of nitrogens with zero attached hydrogens (tertiary/aromatic N) is 1. The third kappa shape index (κ3) is 1.83. The molecular weight excluding hydrogens is 356 g/mol. The summed E-state index contributed by atoms with van der Waals surface area (Å²) in [5.74, 6) is -2.98. The number of para-hydroxylation sites is 1. The molecule has 6 nitrogen and oxygen atoms in total. The summed E-state index contributed by atoms with van der Waals surface area (Å²) in [6.45, 7) is 3.71. The number of piperidine rings is 1. The molecule has 142 valence electrons. The highest BCUT2D eigenvalue weighted by Crippen LogP contribution is 2.61. The lowest BCUT2D eigenvalue weighted by Gasteiger charge is -2.33. The maximum atomic E-state index is 13.5. The highest BCUT2D eigenvalue weighted by atomic mass is 16.6. The van der Waals surface area contributed by atoms with E-state index >= 15 is 0 Å². The van der Waals surface area contributed by atoms with Crippen LogP contribution in [-0.2, 0) is 24.8 Å². The second-order valence-corrected chi connectivity index (χ2v) is 7.91. The first kappa shape index (κ1) is 17.1. The summed E-state index contributed by atoms with van der Waals surface area (Å²) in [4.78, 5) is 41.3. The lowest BCUT2D eigenvalue weighted by Crippen LogP contribution is -2.58. The largest absolute Gasteiger partial charge is 0.333 e. The third-order valence-electron chi connectivity index (χ3n) is 6.26. The Kier molecular flexibility index (Phi) is 3.37. The minimum absolute atomic E-state index is 0.277. The molecule has 3 saturated heterocycles. The van der Waals surface area contributed by atoms with Crippen LogP contribution in [-0.4, -0.2) is 23.3 Å². The van der Waals surface area contributed by atoms with Gasteiger partial charge in [0.05, 0.1) is 11.6 Å². The summed E-state index contributed by atoms with van der Waals surface area (Å²) >= 11 is 0. The van der Waals surface area contributed by atoms with Gasteiger partial charge in [0.15, 0.2) is 11.3 Å². The summed E-state index contributed by atoms with van der Waals surface area (Å²) < 4.78 is 6.37. The van der Waals surface area contributed by atoms with Gasteiger partial charge < -0.3 is 10.1 Å². The van der Waals surface area contributed by atoms with Gasteiger partial charge in [0, 0.05) is 5.56 Å². The van der Waals surface area contributed by atoms with Gasteiger partial charge in [-0.15, -0.1) is 0 Å². The van der Waals surface area contributed by atoms with Crippen molar-refractivity contribution in [1.82, 2.24) is 5.32 Å². The molecule has 3 heterocycles. The fourth-order valence-electron chi connectivity index (χ4n) is 5.03. The average Bonchev–Trinajstić information content (AvgIpc) is 3.28. The Morgan fingerprint density at radius 1 is 0.893 bits per heavy atom. The summed E-state index contributed by atoms with van der Waals surface area (Å²) in [7, 11) is 0. The molecule has 3 fully saturated rings. The zero-order chi connectivity index (χ0) is 19.7. The lowest BCUT2D eigenvalue weighted by molar-refractivity contribution is -0.149. The molecule has 28 heavy (non-hydrogen) atoms. The highest BCUT2D eigenvalue weighted by molar-refractivity contribution is 6.25. The molecule has 3 amide bonds. The molecule has 0 saturated carbocycles. The average molecular weight is 376 g/mol. The molecule has 0 radical (unpaired) electrons. The Balaban J connectivity index is 1.73. The summed E-state index contributed by atoms with van der Waals surface area (Å²) in [6.07, 6.45) is 0. The molecule has 6 heteroatoms. The van der Waals surface area contributed by atoms with Gasteiger partial charge in [0.2, 0.25) is 11.8 Å². The number of hydrogen-bond donors (Lipinski definition) is 1. The first-order chi connectivity index (χ1) is 13.4. The molecule has 3 aliphatic heterocycles. The number of benzene rings is 2. The second kappa shape index (κ2) is 5.52. The molecule has 4 atom stereocenters. The van der Waals surface area contributed by atoms with Crippen LogP contribution in [0.3, 0.4) is 0 Å². The second-order valence-electron chi connectivity index (χ2n) is 7.91. The van der Waals surface area contributed by atoms with E-state index in [9.17, 15) is 14.4 Å². The van der Waals surface area contributed by atoms with Crippen LogP contribution in [0, 0.1) is 17.8 Å². The van der Waals surface area contributed by atoms with Crippen LogP contribution in [0.2, 0.25) is 0 Å². The van der Waals surface area contributed by atoms with Crippen molar-refractivity contribution in [2.75, 3.05) is 4.90 Å². The lowest BCUT2D eigenvalue weighted by atomic mass is 9.69. The Morgan fingerprint density at radius 3 is 2.07 bits per heavy atom. The molecule has 2 aromatic rings. The molecule has 0 aromatic heterocycles. The quantitative estimate of drug-likeness (QED) is 0.834. The van der Waals surface area contributed by atoms with Crippen molar-refractivity contribution in [2.24, 2.45) is 17.8 Å². The van der Waals surface area contributed by atoms with Gasteiger partial charge in [-0.1, -0.05) is 62.4 Å². The van der Waals surface area contributed by atoms with Crippen LogP contribution >= 0.6 is 0 Å². The molecule has 3 aliphatic rings. The number of nitrogens with one attached hydrogen (secondary N) is 1. The number of anilines is 1. The van der Waals surface area contributed by atoms with Crippen molar-refractivity contribution in [3.8, 4) is 0 Å². The standard InChI is InChI=1S/C22H20N2O4/c1-13(2)21-16-17(19(26)24(18(16)25)15-11-7-4-8-12-15)22(28-21,23-20(21)27)14-9-5-3-6-10-14/h3-13,16-17H,1-2H3,(H,23,27)/t16-,17+,21-,22+/m1/s1. The van der Waals surface area contributed by atoms with Crippen LogP contribution in [0.4, 0.5) is 5.69 Å². The van der Waals surface area contributed by atoms with E-state index in [4.69, 9.17) is 4.74 Å². The van der Waals surface area contributed by atoms with Crippen LogP contribution in [0.5, 0.6) is 0 Å². The smallest absolute Gasteiger partial charge is 0.256 e. The van der Waals surface area contributed by atoms with Gasteiger partial charge in [-0.25, -0.2) is 4.90 Å². The van der Waals surface area contributed by atoms with E-state index in [0.717, 1.165) is 0 Å². The van der Waals surface area contributed by atoms with Gasteiger partial charge in [-0.3, -0.25) is 14.4 Å². The van der Waals surface area contributed by atoms with Gasteiger partial charge >= 0.3 is 0 Å². The minimum atomic E-state index is -1.36. The summed E-state index contributed by atoms with van der Waals surface area (Å²) in [5, 5.41) is 2.94. The van der Waals surface area contributed by atoms with E-state index in [1.807, 2.05) is 50.2 Å². The molecule has 5 rings (SSSR count). The molecule has 1 N–H and O–H groups in total. The van der Waals surface area contributed by atoms with Gasteiger partial charge in [0.25, 0.3) is 5.91 Å². The van der Waals surface area contributed by atoms with E-state index in [1.54, 1.807) is 24.3 Å². The van der Waals surface area contributed by atoms with Gasteiger partial charge in [0.1, 0.15) is 5.92 Å². The number of hydrogen-bond acceptors (Lipinski definition) is 4. The first-order valence-corrected chi connectivity index (χ1v) is 9.44. The number of fused-ring (bicyclic) bond motifs is 5. The SMILES string of the molecule is CC(C)[C@]12O[C@](c3ccccc3)(NC1=O)[C@@H]1C(=O)N(c3ccccc3)C(=O)[C@@H]12. The fraction of sp³-hybridized carbons (Fsp3) is 0.318. The van der Waals surface area contributed by atoms with Crippen LogP contribution < -0.4 is 10.2 Å². The van der Waals surface area contributed by atoms with E-state index in [0.29, 0.717) is 11.3 Å². The number of ether oxygens (including phenoxy) is 1. The number of amides is 3. The van der Waals surface area contributed by atoms with Crippen molar-refractivity contribution >= 4 is 23.4 Å². The van der Waals surface area contributed by atoms with E-state index in [1.165, 1.54) is 4.90 Å². The zero-order valence-corrected chi connectivity index (χ0v) is 15.6. The van der Waals surface area contributed by atoms with E-state index in [-0.39, 0.29) is 23.6 Å². The number of imide groups is 1. The molecule has 2 bridgehead atoms. The van der Waals surface area contributed by atoms with Gasteiger partial charge in [-0.2, -0.15) is 0 Å². The Morgan fingerprint density at radius 2 is 1.46 bits per heavy atom. The van der Waals surface area contributed by atoms with Crippen LogP contribution in [0.15, 0.2) is 60.7 Å². The Bertz CT molecular complexity index is 990. The first-order valence-electron chi connectivity index (χ1n) is 9.44. The highest BCUT2D eigenvalue weighted by Gasteiger charge is 2.80. The molecule has 2 aromatic carbocycles. The molecule has 0 aliphatic carbocycles. The molecule has 0 spiro atoms. The monoisotopic (exact) mass is 376 g/mol. The fourth-order valence-corrected chi connectivity index (χ4v) is 5.03. The van der Waals surface area contributed by atoms with Crippen molar-refractivity contribution in [1.29, 1.82) is 0 Å². The Labute approximate surface area is 162 Å². The van der Waals surface area contributed by atoms with E-state index < -0.39 is 23.2 Å². The summed E-state index contributed by atoms with van der Waals surface area (Å²) in [5.41, 5.74) is -1.50. The van der Waals surface area contributed by atoms with Crippen molar-refractivity contribution in [2.45, 2.75) is 25.2 Å². The van der Waals surface area contributed by atoms with Gasteiger partial charge in [-0.05, 0) is 18.1 Å². The minimum Gasteiger partial charge on any atom is -0.333 e. The van der Waals surface area contributed by atoms with Crippen molar-refractivity contribution in [3.63, 3.8) is 0 Å². The third-order valence-corrected chi connectivity index (χ3v) is 6.26. The topological polar surface area (TPSA) is 75.7 Å². The predicted octanol–water partition coefficient (Wildman–Crippen LogP) is 2.20. The number of carbonyl (C=O) groups excluding carboxylic acids is 3. The molecular formula is C22H20N2O4. The van der Waals surface area contributed by atoms with Crippen molar-refractivity contribution < 1.29 is 19.1 Å². The maximum absolute atomic E-state index is 13.5. The van der Waals surface area contributed by atoms with Crippen LogP contribution in [0.1, 0.15) is 19.4 Å². The normalized spacial score (nSPS) is 33.5. The number of rotatable bonds is 3. The number of carbonyl (C=O) groups is 3. The maximum Gasteiger partial charge on any atom is 0.256 e. The zero-order valence-electron chi connectivity index (χ0n) is 15.6. The predicted molar refractivity (Wildman–Crippen MR) is 101 cm³/mol. The van der Waals surface area contributed by atoms with Crippen LogP contribution in [0.25, 0.3) is 0 Å². The Hall–Kier alpha value is -2.99.